The van der Waals surface area contributed by atoms with Gasteiger partial charge in [-0.2, -0.15) is 0 Å². The summed E-state index contributed by atoms with van der Waals surface area (Å²) in [6.07, 6.45) is 4.48. The number of nitrogens with zero attached hydrogens (tertiary/aromatic N) is 2. The van der Waals surface area contributed by atoms with Crippen LogP contribution in [-0.2, 0) is 13.1 Å². The van der Waals surface area contributed by atoms with E-state index in [1.165, 1.54) is 37.1 Å². The maximum atomic E-state index is 12.6. The predicted molar refractivity (Wildman–Crippen MR) is 110 cm³/mol. The van der Waals surface area contributed by atoms with Crippen LogP contribution in [0.2, 0.25) is 0 Å². The molecule has 4 rings (SSSR count). The third-order valence-electron chi connectivity index (χ3n) is 5.27. The molecule has 5 nitrogen and oxygen atoms in total. The van der Waals surface area contributed by atoms with Crippen molar-refractivity contribution in [2.45, 2.75) is 25.9 Å². The summed E-state index contributed by atoms with van der Waals surface area (Å²) in [7, 11) is 1.84. The highest BCUT2D eigenvalue weighted by atomic mass is 16.2. The molecule has 0 bridgehead atoms. The molecule has 0 unspecified atom stereocenters. The summed E-state index contributed by atoms with van der Waals surface area (Å²) in [5.74, 6) is 0. The van der Waals surface area contributed by atoms with Gasteiger partial charge < -0.3 is 15.2 Å². The van der Waals surface area contributed by atoms with Crippen molar-refractivity contribution in [3.05, 3.63) is 65.9 Å². The lowest BCUT2D eigenvalue weighted by Crippen LogP contribution is -2.31. The number of hydrogen-bond donors (Lipinski definition) is 2. The van der Waals surface area contributed by atoms with Gasteiger partial charge in [-0.1, -0.05) is 24.3 Å². The van der Waals surface area contributed by atoms with E-state index in [9.17, 15) is 4.79 Å². The van der Waals surface area contributed by atoms with Crippen molar-refractivity contribution < 1.29 is 4.79 Å². The van der Waals surface area contributed by atoms with Crippen LogP contribution in [0.5, 0.6) is 0 Å². The van der Waals surface area contributed by atoms with Gasteiger partial charge in [-0.15, -0.1) is 0 Å². The molecule has 3 aromatic rings. The Hall–Kier alpha value is -2.79. The number of aromatic amines is 1. The van der Waals surface area contributed by atoms with Crippen LogP contribution in [0.3, 0.4) is 0 Å². The number of carbonyl (C=O) groups is 1. The maximum absolute atomic E-state index is 12.6. The second-order valence-electron chi connectivity index (χ2n) is 7.32. The van der Waals surface area contributed by atoms with Crippen LogP contribution in [0.25, 0.3) is 10.9 Å². The number of urea groups is 1. The second kappa shape index (κ2) is 7.84. The lowest BCUT2D eigenvalue weighted by molar-refractivity contribution is 0.220. The molecule has 0 spiro atoms. The van der Waals surface area contributed by atoms with Crippen molar-refractivity contribution in [3.63, 3.8) is 0 Å². The first kappa shape index (κ1) is 17.6. The highest BCUT2D eigenvalue weighted by molar-refractivity contribution is 5.92. The summed E-state index contributed by atoms with van der Waals surface area (Å²) in [6, 6.07) is 16.2. The zero-order valence-corrected chi connectivity index (χ0v) is 15.7. The Labute approximate surface area is 160 Å². The Balaban J connectivity index is 1.42. The molecule has 0 radical (unpaired) electrons. The van der Waals surface area contributed by atoms with Gasteiger partial charge in [-0.3, -0.25) is 4.90 Å². The Morgan fingerprint density at radius 3 is 2.70 bits per heavy atom. The summed E-state index contributed by atoms with van der Waals surface area (Å²) in [5.41, 5.74) is 4.40. The zero-order valence-electron chi connectivity index (χ0n) is 15.7. The number of benzene rings is 2. The quantitative estimate of drug-likeness (QED) is 0.705. The van der Waals surface area contributed by atoms with Crippen LogP contribution >= 0.6 is 0 Å². The predicted octanol–water partition coefficient (Wildman–Crippen LogP) is 4.43. The van der Waals surface area contributed by atoms with Gasteiger partial charge in [0, 0.05) is 42.9 Å². The topological polar surface area (TPSA) is 51.4 Å². The number of nitrogens with one attached hydrogen (secondary N) is 2. The summed E-state index contributed by atoms with van der Waals surface area (Å²) >= 11 is 0. The van der Waals surface area contributed by atoms with E-state index in [-0.39, 0.29) is 6.03 Å². The zero-order chi connectivity index (χ0) is 18.6. The molecule has 0 atom stereocenters. The normalized spacial score (nSPS) is 14.6. The van der Waals surface area contributed by atoms with E-state index in [1.807, 2.05) is 43.6 Å². The van der Waals surface area contributed by atoms with Crippen molar-refractivity contribution in [1.29, 1.82) is 0 Å². The van der Waals surface area contributed by atoms with Crippen molar-refractivity contribution in [2.24, 2.45) is 0 Å². The van der Waals surface area contributed by atoms with E-state index in [0.717, 1.165) is 23.1 Å². The molecule has 1 aliphatic heterocycles. The van der Waals surface area contributed by atoms with Crippen LogP contribution in [0.1, 0.15) is 24.0 Å². The van der Waals surface area contributed by atoms with E-state index in [1.54, 1.807) is 4.90 Å². The minimum Gasteiger partial charge on any atom is -0.361 e. The summed E-state index contributed by atoms with van der Waals surface area (Å²) in [5, 5.41) is 4.09. The van der Waals surface area contributed by atoms with Crippen LogP contribution in [0.4, 0.5) is 10.5 Å². The number of rotatable bonds is 5. The standard InChI is InChI=1S/C22H26N4O/c1-25(22(27)24-20-8-9-21-17(14-20)10-11-23-21)15-18-6-2-3-7-19(18)16-26-12-4-5-13-26/h2-3,6-11,14,23H,4-5,12-13,15-16H2,1H3,(H,24,27). The first-order valence-electron chi connectivity index (χ1n) is 9.57. The first-order valence-corrected chi connectivity index (χ1v) is 9.57. The smallest absolute Gasteiger partial charge is 0.321 e. The molecule has 1 aromatic heterocycles. The molecule has 140 valence electrons. The number of hydrogen-bond acceptors (Lipinski definition) is 2. The van der Waals surface area contributed by atoms with Crippen LogP contribution in [-0.4, -0.2) is 41.0 Å². The molecule has 0 saturated carbocycles. The fourth-order valence-electron chi connectivity index (χ4n) is 3.72. The molecule has 2 amide bonds. The minimum atomic E-state index is -0.0964. The molecule has 1 saturated heterocycles. The monoisotopic (exact) mass is 362 g/mol. The van der Waals surface area contributed by atoms with Crippen LogP contribution in [0, 0.1) is 0 Å². The highest BCUT2D eigenvalue weighted by Gasteiger charge is 2.16. The summed E-state index contributed by atoms with van der Waals surface area (Å²) in [4.78, 5) is 20.0. The molecule has 2 aromatic carbocycles. The van der Waals surface area contributed by atoms with Gasteiger partial charge in [0.1, 0.15) is 0 Å². The largest absolute Gasteiger partial charge is 0.361 e. The van der Waals surface area contributed by atoms with E-state index in [4.69, 9.17) is 0 Å². The molecule has 0 aliphatic carbocycles. The van der Waals surface area contributed by atoms with Crippen LogP contribution < -0.4 is 5.32 Å². The Kier molecular flexibility index (Phi) is 5.12. The summed E-state index contributed by atoms with van der Waals surface area (Å²) in [6.45, 7) is 3.91. The second-order valence-corrected chi connectivity index (χ2v) is 7.32. The van der Waals surface area contributed by atoms with Crippen molar-refractivity contribution in [1.82, 2.24) is 14.8 Å². The lowest BCUT2D eigenvalue weighted by Gasteiger charge is -2.22. The Morgan fingerprint density at radius 2 is 1.89 bits per heavy atom. The molecule has 2 N–H and O–H groups in total. The first-order chi connectivity index (χ1) is 13.2. The van der Waals surface area contributed by atoms with Gasteiger partial charge >= 0.3 is 6.03 Å². The van der Waals surface area contributed by atoms with Gasteiger partial charge in [0.2, 0.25) is 0 Å². The maximum Gasteiger partial charge on any atom is 0.321 e. The number of H-pyrrole nitrogens is 1. The van der Waals surface area contributed by atoms with E-state index in [2.05, 4.69) is 33.4 Å². The van der Waals surface area contributed by atoms with Gasteiger partial charge in [-0.05, 0) is 61.3 Å². The van der Waals surface area contributed by atoms with Gasteiger partial charge in [0.15, 0.2) is 0 Å². The molecule has 27 heavy (non-hydrogen) atoms. The number of carbonyl (C=O) groups excluding carboxylic acids is 1. The minimum absolute atomic E-state index is 0.0964. The average Bonchev–Trinajstić information content (AvgIpc) is 3.34. The Morgan fingerprint density at radius 1 is 1.11 bits per heavy atom. The molecule has 2 heterocycles. The molecule has 1 fully saturated rings. The molecular formula is C22H26N4O. The lowest BCUT2D eigenvalue weighted by atomic mass is 10.1. The van der Waals surface area contributed by atoms with E-state index < -0.39 is 0 Å². The number of anilines is 1. The molecule has 5 heteroatoms. The fourth-order valence-corrected chi connectivity index (χ4v) is 3.72. The van der Waals surface area contributed by atoms with Gasteiger partial charge in [0.25, 0.3) is 0 Å². The van der Waals surface area contributed by atoms with Crippen molar-refractivity contribution >= 4 is 22.6 Å². The van der Waals surface area contributed by atoms with Gasteiger partial charge in [0.05, 0.1) is 0 Å². The molecular weight excluding hydrogens is 336 g/mol. The highest BCUT2D eigenvalue weighted by Crippen LogP contribution is 2.20. The summed E-state index contributed by atoms with van der Waals surface area (Å²) < 4.78 is 0. The third kappa shape index (κ3) is 4.14. The van der Waals surface area contributed by atoms with Crippen molar-refractivity contribution in [3.8, 4) is 0 Å². The van der Waals surface area contributed by atoms with E-state index in [0.29, 0.717) is 6.54 Å². The van der Waals surface area contributed by atoms with E-state index >= 15 is 0 Å². The third-order valence-corrected chi connectivity index (χ3v) is 5.27. The number of fused-ring (bicyclic) bond motifs is 1. The number of likely N-dealkylation sites (tertiary alicyclic amines) is 1. The molecule has 1 aliphatic rings. The number of amides is 2. The fraction of sp³-hybridized carbons (Fsp3) is 0.318. The van der Waals surface area contributed by atoms with Gasteiger partial charge in [-0.25, -0.2) is 4.79 Å². The average molecular weight is 362 g/mol. The SMILES string of the molecule is CN(Cc1ccccc1CN1CCCC1)C(=O)Nc1ccc2[nH]ccc2c1. The number of aromatic nitrogens is 1. The van der Waals surface area contributed by atoms with Crippen LogP contribution in [0.15, 0.2) is 54.7 Å². The Bertz CT molecular complexity index is 927. The van der Waals surface area contributed by atoms with Crippen molar-refractivity contribution in [2.75, 3.05) is 25.5 Å².